The number of hydrogen-bond donors (Lipinski definition) is 1. The fraction of sp³-hybridized carbons (Fsp3) is 0.600. The Balaban J connectivity index is 2.19. The summed E-state index contributed by atoms with van der Waals surface area (Å²) in [6.07, 6.45) is 6.39. The molecule has 1 fully saturated rings. The summed E-state index contributed by atoms with van der Waals surface area (Å²) in [6.45, 7) is 0.897. The van der Waals surface area contributed by atoms with Gasteiger partial charge in [0.2, 0.25) is 0 Å². The van der Waals surface area contributed by atoms with Crippen LogP contribution in [0.25, 0.3) is 0 Å². The third-order valence-electron chi connectivity index (χ3n) is 4.13. The Morgan fingerprint density at radius 3 is 2.65 bits per heavy atom. The van der Waals surface area contributed by atoms with Gasteiger partial charge in [-0.05, 0) is 30.9 Å². The smallest absolute Gasteiger partial charge is 0.315 e. The van der Waals surface area contributed by atoms with Crippen molar-refractivity contribution in [3.8, 4) is 0 Å². The normalized spacial score (nSPS) is 15.9. The molecule has 0 amide bonds. The number of nitrogens with zero attached hydrogens (tertiary/aromatic N) is 2. The summed E-state index contributed by atoms with van der Waals surface area (Å²) in [5.74, 6) is 0.659. The van der Waals surface area contributed by atoms with Gasteiger partial charge in [0.05, 0.1) is 4.92 Å². The van der Waals surface area contributed by atoms with E-state index < -0.39 is 0 Å². The highest BCUT2D eigenvalue weighted by molar-refractivity contribution is 5.76. The molecule has 1 N–H and O–H groups in total. The molecule has 1 aromatic rings. The van der Waals surface area contributed by atoms with Crippen LogP contribution < -0.4 is 10.2 Å². The maximum atomic E-state index is 11.3. The molecule has 0 saturated heterocycles. The van der Waals surface area contributed by atoms with Crippen molar-refractivity contribution >= 4 is 17.1 Å². The molecule has 5 heteroatoms. The van der Waals surface area contributed by atoms with Gasteiger partial charge < -0.3 is 10.2 Å². The Hall–Kier alpha value is -1.78. The van der Waals surface area contributed by atoms with Gasteiger partial charge in [0.25, 0.3) is 0 Å². The van der Waals surface area contributed by atoms with Crippen molar-refractivity contribution in [2.24, 2.45) is 5.92 Å². The van der Waals surface area contributed by atoms with Crippen molar-refractivity contribution in [3.05, 3.63) is 28.3 Å². The minimum absolute atomic E-state index is 0.174. The van der Waals surface area contributed by atoms with Crippen LogP contribution in [0, 0.1) is 16.0 Å². The lowest BCUT2D eigenvalue weighted by atomic mass is 9.89. The second-order valence-electron chi connectivity index (χ2n) is 5.56. The average molecular weight is 277 g/mol. The van der Waals surface area contributed by atoms with E-state index in [1.807, 2.05) is 24.1 Å². The van der Waals surface area contributed by atoms with Crippen molar-refractivity contribution < 1.29 is 4.92 Å². The average Bonchev–Trinajstić information content (AvgIpc) is 2.47. The molecular weight excluding hydrogens is 254 g/mol. The van der Waals surface area contributed by atoms with Crippen LogP contribution in [0.2, 0.25) is 0 Å². The first-order valence-electron chi connectivity index (χ1n) is 7.29. The molecule has 1 saturated carbocycles. The number of nitrogens with one attached hydrogen (secondary N) is 1. The van der Waals surface area contributed by atoms with E-state index in [-0.39, 0.29) is 10.6 Å². The second-order valence-corrected chi connectivity index (χ2v) is 5.56. The molecule has 0 atom stereocenters. The lowest BCUT2D eigenvalue weighted by Gasteiger charge is -2.28. The minimum atomic E-state index is -0.293. The number of nitro benzene ring substituents is 1. The summed E-state index contributed by atoms with van der Waals surface area (Å²) in [5.41, 5.74) is 1.45. The van der Waals surface area contributed by atoms with Crippen LogP contribution >= 0.6 is 0 Å². The molecule has 0 aliphatic heterocycles. The van der Waals surface area contributed by atoms with Crippen LogP contribution in [0.15, 0.2) is 18.2 Å². The van der Waals surface area contributed by atoms with Crippen LogP contribution in [0.5, 0.6) is 0 Å². The van der Waals surface area contributed by atoms with Gasteiger partial charge in [-0.2, -0.15) is 0 Å². The number of benzene rings is 1. The highest BCUT2D eigenvalue weighted by Crippen LogP contribution is 2.36. The zero-order valence-electron chi connectivity index (χ0n) is 12.3. The predicted molar refractivity (Wildman–Crippen MR) is 82.5 cm³/mol. The number of para-hydroxylation sites is 1. The Morgan fingerprint density at radius 2 is 2.05 bits per heavy atom. The van der Waals surface area contributed by atoms with E-state index in [4.69, 9.17) is 0 Å². The third-order valence-corrected chi connectivity index (χ3v) is 4.13. The fourth-order valence-corrected chi connectivity index (χ4v) is 3.09. The van der Waals surface area contributed by atoms with Gasteiger partial charge in [-0.15, -0.1) is 0 Å². The van der Waals surface area contributed by atoms with Crippen LogP contribution in [-0.2, 0) is 0 Å². The molecule has 0 spiro atoms. The third kappa shape index (κ3) is 3.21. The summed E-state index contributed by atoms with van der Waals surface area (Å²) in [7, 11) is 3.67. The zero-order valence-corrected chi connectivity index (χ0v) is 12.3. The van der Waals surface area contributed by atoms with Gasteiger partial charge in [0.15, 0.2) is 0 Å². The second kappa shape index (κ2) is 6.59. The van der Waals surface area contributed by atoms with E-state index >= 15 is 0 Å². The van der Waals surface area contributed by atoms with Crippen LogP contribution in [0.4, 0.5) is 17.1 Å². The Kier molecular flexibility index (Phi) is 4.82. The van der Waals surface area contributed by atoms with E-state index in [2.05, 4.69) is 5.32 Å². The van der Waals surface area contributed by atoms with Gasteiger partial charge in [0, 0.05) is 20.6 Å². The van der Waals surface area contributed by atoms with E-state index in [0.717, 1.165) is 6.54 Å². The molecule has 0 bridgehead atoms. The molecule has 0 aromatic heterocycles. The molecule has 1 aromatic carbocycles. The number of rotatable bonds is 5. The number of nitro groups is 1. The molecule has 2 rings (SSSR count). The Morgan fingerprint density at radius 1 is 1.35 bits per heavy atom. The first kappa shape index (κ1) is 14.6. The molecular formula is C15H23N3O2. The zero-order chi connectivity index (χ0) is 14.5. The highest BCUT2D eigenvalue weighted by atomic mass is 16.6. The van der Waals surface area contributed by atoms with Gasteiger partial charge in [-0.3, -0.25) is 10.1 Å². The Labute approximate surface area is 120 Å². The maximum Gasteiger partial charge on any atom is 0.315 e. The van der Waals surface area contributed by atoms with Crippen LogP contribution in [-0.4, -0.2) is 25.6 Å². The molecule has 0 heterocycles. The SMILES string of the molecule is CNc1cccc(N(C)CC2CCCCC2)c1[N+](=O)[O-]. The monoisotopic (exact) mass is 277 g/mol. The quantitative estimate of drug-likeness (QED) is 0.659. The van der Waals surface area contributed by atoms with Crippen molar-refractivity contribution in [2.75, 3.05) is 30.9 Å². The first-order valence-corrected chi connectivity index (χ1v) is 7.29. The summed E-state index contributed by atoms with van der Waals surface area (Å²) in [4.78, 5) is 13.1. The topological polar surface area (TPSA) is 58.4 Å². The van der Waals surface area contributed by atoms with Gasteiger partial charge in [-0.1, -0.05) is 25.3 Å². The maximum absolute atomic E-state index is 11.3. The lowest BCUT2D eigenvalue weighted by Crippen LogP contribution is -2.27. The summed E-state index contributed by atoms with van der Waals surface area (Å²) >= 11 is 0. The van der Waals surface area contributed by atoms with Crippen LogP contribution in [0.3, 0.4) is 0 Å². The van der Waals surface area contributed by atoms with Crippen LogP contribution in [0.1, 0.15) is 32.1 Å². The predicted octanol–water partition coefficient (Wildman–Crippen LogP) is 3.65. The molecule has 20 heavy (non-hydrogen) atoms. The summed E-state index contributed by atoms with van der Waals surface area (Å²) in [5, 5.41) is 14.2. The fourth-order valence-electron chi connectivity index (χ4n) is 3.09. The lowest BCUT2D eigenvalue weighted by molar-refractivity contribution is -0.383. The van der Waals surface area contributed by atoms with Gasteiger partial charge in [0.1, 0.15) is 11.4 Å². The van der Waals surface area contributed by atoms with Crippen molar-refractivity contribution in [1.82, 2.24) is 0 Å². The van der Waals surface area contributed by atoms with E-state index in [1.54, 1.807) is 13.1 Å². The van der Waals surface area contributed by atoms with Gasteiger partial charge >= 0.3 is 5.69 Å². The first-order chi connectivity index (χ1) is 9.63. The number of hydrogen-bond acceptors (Lipinski definition) is 4. The summed E-state index contributed by atoms with van der Waals surface area (Å²) in [6, 6.07) is 5.45. The van der Waals surface area contributed by atoms with Crippen molar-refractivity contribution in [1.29, 1.82) is 0 Å². The van der Waals surface area contributed by atoms with Crippen molar-refractivity contribution in [2.45, 2.75) is 32.1 Å². The summed E-state index contributed by atoms with van der Waals surface area (Å²) < 4.78 is 0. The molecule has 1 aliphatic carbocycles. The molecule has 110 valence electrons. The number of anilines is 2. The highest BCUT2D eigenvalue weighted by Gasteiger charge is 2.23. The molecule has 0 radical (unpaired) electrons. The van der Waals surface area contributed by atoms with E-state index in [9.17, 15) is 10.1 Å². The largest absolute Gasteiger partial charge is 0.382 e. The molecule has 0 unspecified atom stereocenters. The van der Waals surface area contributed by atoms with Crippen molar-refractivity contribution in [3.63, 3.8) is 0 Å². The molecule has 5 nitrogen and oxygen atoms in total. The molecule has 1 aliphatic rings. The van der Waals surface area contributed by atoms with Gasteiger partial charge in [-0.25, -0.2) is 0 Å². The van der Waals surface area contributed by atoms with E-state index in [1.165, 1.54) is 32.1 Å². The standard InChI is InChI=1S/C15H23N3O2/c1-16-13-9-6-10-14(15(13)18(19)20)17(2)11-12-7-4-3-5-8-12/h6,9-10,12,16H,3-5,7-8,11H2,1-2H3. The van der Waals surface area contributed by atoms with E-state index in [0.29, 0.717) is 17.3 Å². The Bertz CT molecular complexity index is 470. The minimum Gasteiger partial charge on any atom is -0.382 e.